The van der Waals surface area contributed by atoms with Crippen LogP contribution in [0.5, 0.6) is 0 Å². The molecule has 0 aliphatic rings. The number of hydrogen-bond acceptors (Lipinski definition) is 4. The molecular weight excluding hydrogens is 270 g/mol. The molecule has 0 bridgehead atoms. The van der Waals surface area contributed by atoms with Crippen molar-refractivity contribution in [2.75, 3.05) is 7.11 Å². The molecule has 0 aromatic heterocycles. The summed E-state index contributed by atoms with van der Waals surface area (Å²) in [6, 6.07) is 8.37. The van der Waals surface area contributed by atoms with Crippen LogP contribution in [0.4, 0.5) is 0 Å². The Morgan fingerprint density at radius 2 is 1.71 bits per heavy atom. The Balaban J connectivity index is 2.68. The normalized spacial score (nSPS) is 14.1. The zero-order valence-corrected chi connectivity index (χ0v) is 13.2. The van der Waals surface area contributed by atoms with Gasteiger partial charge in [0.15, 0.2) is 6.10 Å². The second kappa shape index (κ2) is 7.22. The third kappa shape index (κ3) is 5.55. The van der Waals surface area contributed by atoms with Gasteiger partial charge >= 0.3 is 5.97 Å². The van der Waals surface area contributed by atoms with E-state index in [0.717, 1.165) is 5.56 Å². The van der Waals surface area contributed by atoms with Gasteiger partial charge in [0.25, 0.3) is 5.91 Å². The Bertz CT molecular complexity index is 479. The molecule has 0 spiro atoms. The van der Waals surface area contributed by atoms with Gasteiger partial charge in [-0.25, -0.2) is 4.79 Å². The van der Waals surface area contributed by atoms with Crippen LogP contribution >= 0.6 is 0 Å². The van der Waals surface area contributed by atoms with E-state index in [1.807, 2.05) is 18.2 Å². The fraction of sp³-hybridized carbons (Fsp3) is 0.500. The lowest BCUT2D eigenvalue weighted by Gasteiger charge is -2.24. The summed E-state index contributed by atoms with van der Waals surface area (Å²) in [5, 5.41) is 2.61. The molecule has 1 unspecified atom stereocenters. The van der Waals surface area contributed by atoms with E-state index in [-0.39, 0.29) is 5.91 Å². The number of nitrogens with one attached hydrogen (secondary N) is 1. The Morgan fingerprint density at radius 1 is 1.14 bits per heavy atom. The first-order valence-electron chi connectivity index (χ1n) is 6.85. The summed E-state index contributed by atoms with van der Waals surface area (Å²) in [5.74, 6) is -0.846. The second-order valence-electron chi connectivity index (χ2n) is 5.79. The van der Waals surface area contributed by atoms with E-state index in [4.69, 9.17) is 9.47 Å². The van der Waals surface area contributed by atoms with E-state index in [2.05, 4.69) is 5.32 Å². The lowest BCUT2D eigenvalue weighted by molar-refractivity contribution is -0.158. The molecule has 0 saturated heterocycles. The zero-order chi connectivity index (χ0) is 16.0. The first-order chi connectivity index (χ1) is 9.74. The minimum absolute atomic E-state index is 0.373. The SMILES string of the molecule is COC(C(=O)N[C@@H](C)C(=O)OC(C)(C)C)c1ccccc1. The van der Waals surface area contributed by atoms with Crippen molar-refractivity contribution in [3.05, 3.63) is 35.9 Å². The fourth-order valence-electron chi connectivity index (χ4n) is 1.76. The van der Waals surface area contributed by atoms with Crippen LogP contribution in [-0.4, -0.2) is 30.6 Å². The van der Waals surface area contributed by atoms with E-state index in [1.54, 1.807) is 39.8 Å². The lowest BCUT2D eigenvalue weighted by atomic mass is 10.1. The standard InChI is InChI=1S/C16H23NO4/c1-11(15(19)21-16(2,3)4)17-14(18)13(20-5)12-9-7-6-8-10-12/h6-11,13H,1-5H3,(H,17,18)/t11-,13?/m0/s1. The van der Waals surface area contributed by atoms with Gasteiger partial charge in [-0.2, -0.15) is 0 Å². The molecule has 5 nitrogen and oxygen atoms in total. The van der Waals surface area contributed by atoms with E-state index in [1.165, 1.54) is 7.11 Å². The predicted octanol–water partition coefficient (Wildman–Crippen LogP) is 2.22. The predicted molar refractivity (Wildman–Crippen MR) is 79.6 cm³/mol. The Hall–Kier alpha value is -1.88. The smallest absolute Gasteiger partial charge is 0.328 e. The van der Waals surface area contributed by atoms with Crippen molar-refractivity contribution in [2.45, 2.75) is 45.4 Å². The van der Waals surface area contributed by atoms with Crippen LogP contribution in [0.3, 0.4) is 0 Å². The number of benzene rings is 1. The fourth-order valence-corrected chi connectivity index (χ4v) is 1.76. The van der Waals surface area contributed by atoms with Crippen LogP contribution in [-0.2, 0) is 19.1 Å². The maximum Gasteiger partial charge on any atom is 0.328 e. The lowest BCUT2D eigenvalue weighted by Crippen LogP contribution is -2.44. The minimum Gasteiger partial charge on any atom is -0.458 e. The Labute approximate surface area is 125 Å². The van der Waals surface area contributed by atoms with Gasteiger partial charge in [-0.1, -0.05) is 30.3 Å². The highest BCUT2D eigenvalue weighted by atomic mass is 16.6. The number of carbonyl (C=O) groups excluding carboxylic acids is 2. The summed E-state index contributed by atoms with van der Waals surface area (Å²) < 4.78 is 10.4. The molecule has 0 heterocycles. The topological polar surface area (TPSA) is 64.6 Å². The number of methoxy groups -OCH3 is 1. The van der Waals surface area contributed by atoms with E-state index >= 15 is 0 Å². The van der Waals surface area contributed by atoms with Crippen LogP contribution < -0.4 is 5.32 Å². The maximum absolute atomic E-state index is 12.2. The van der Waals surface area contributed by atoms with Crippen molar-refractivity contribution in [2.24, 2.45) is 0 Å². The van der Waals surface area contributed by atoms with E-state index < -0.39 is 23.7 Å². The Kier molecular flexibility index (Phi) is 5.90. The molecule has 1 rings (SSSR count). The molecule has 0 saturated carbocycles. The number of hydrogen-bond donors (Lipinski definition) is 1. The molecule has 0 aliphatic heterocycles. The van der Waals surface area contributed by atoms with Gasteiger partial charge < -0.3 is 14.8 Å². The van der Waals surface area contributed by atoms with Crippen molar-refractivity contribution in [3.8, 4) is 0 Å². The number of rotatable bonds is 5. The molecule has 0 fully saturated rings. The van der Waals surface area contributed by atoms with Crippen molar-refractivity contribution < 1.29 is 19.1 Å². The highest BCUT2D eigenvalue weighted by molar-refractivity contribution is 5.87. The van der Waals surface area contributed by atoms with Crippen molar-refractivity contribution in [1.29, 1.82) is 0 Å². The summed E-state index contributed by atoms with van der Waals surface area (Å²) in [4.78, 5) is 24.1. The van der Waals surface area contributed by atoms with Crippen molar-refractivity contribution in [3.63, 3.8) is 0 Å². The Morgan fingerprint density at radius 3 is 2.19 bits per heavy atom. The number of amides is 1. The number of ether oxygens (including phenoxy) is 2. The highest BCUT2D eigenvalue weighted by Crippen LogP contribution is 2.16. The van der Waals surface area contributed by atoms with Gasteiger partial charge in [0.1, 0.15) is 11.6 Å². The van der Waals surface area contributed by atoms with E-state index in [9.17, 15) is 9.59 Å². The average Bonchev–Trinajstić information content (AvgIpc) is 2.38. The summed E-state index contributed by atoms with van der Waals surface area (Å²) in [6.07, 6.45) is -0.754. The van der Waals surface area contributed by atoms with Gasteiger partial charge in [0.05, 0.1) is 0 Å². The molecule has 2 atom stereocenters. The van der Waals surface area contributed by atoms with Gasteiger partial charge in [-0.3, -0.25) is 4.79 Å². The molecule has 21 heavy (non-hydrogen) atoms. The summed E-state index contributed by atoms with van der Waals surface area (Å²) in [6.45, 7) is 6.92. The minimum atomic E-state index is -0.754. The third-order valence-electron chi connectivity index (χ3n) is 2.70. The highest BCUT2D eigenvalue weighted by Gasteiger charge is 2.26. The van der Waals surface area contributed by atoms with Crippen molar-refractivity contribution in [1.82, 2.24) is 5.32 Å². The summed E-state index contributed by atoms with van der Waals surface area (Å²) >= 11 is 0. The van der Waals surface area contributed by atoms with Gasteiger partial charge in [-0.15, -0.1) is 0 Å². The molecule has 0 aliphatic carbocycles. The monoisotopic (exact) mass is 293 g/mol. The first kappa shape index (κ1) is 17.2. The van der Waals surface area contributed by atoms with Gasteiger partial charge in [0, 0.05) is 7.11 Å². The molecule has 5 heteroatoms. The molecule has 1 amide bonds. The molecular formula is C16H23NO4. The summed E-state index contributed by atoms with van der Waals surface area (Å²) in [7, 11) is 1.45. The number of carbonyl (C=O) groups is 2. The second-order valence-corrected chi connectivity index (χ2v) is 5.79. The number of esters is 1. The molecule has 1 aromatic rings. The van der Waals surface area contributed by atoms with Crippen LogP contribution in [0, 0.1) is 0 Å². The first-order valence-corrected chi connectivity index (χ1v) is 6.85. The maximum atomic E-state index is 12.2. The molecule has 116 valence electrons. The van der Waals surface area contributed by atoms with Gasteiger partial charge in [0.2, 0.25) is 0 Å². The van der Waals surface area contributed by atoms with Crippen LogP contribution in [0.1, 0.15) is 39.4 Å². The van der Waals surface area contributed by atoms with Crippen LogP contribution in [0.15, 0.2) is 30.3 Å². The molecule has 1 N–H and O–H groups in total. The largest absolute Gasteiger partial charge is 0.458 e. The van der Waals surface area contributed by atoms with Crippen LogP contribution in [0.2, 0.25) is 0 Å². The quantitative estimate of drug-likeness (QED) is 0.845. The average molecular weight is 293 g/mol. The molecule has 0 radical (unpaired) electrons. The van der Waals surface area contributed by atoms with Crippen LogP contribution in [0.25, 0.3) is 0 Å². The van der Waals surface area contributed by atoms with Gasteiger partial charge in [-0.05, 0) is 33.3 Å². The summed E-state index contributed by atoms with van der Waals surface area (Å²) in [5.41, 5.74) is 0.143. The molecule has 1 aromatic carbocycles. The third-order valence-corrected chi connectivity index (χ3v) is 2.70. The zero-order valence-electron chi connectivity index (χ0n) is 13.2. The van der Waals surface area contributed by atoms with E-state index in [0.29, 0.717) is 0 Å². The van der Waals surface area contributed by atoms with Crippen molar-refractivity contribution >= 4 is 11.9 Å².